The van der Waals surface area contributed by atoms with E-state index in [2.05, 4.69) is 10.2 Å². The van der Waals surface area contributed by atoms with E-state index in [0.29, 0.717) is 22.0 Å². The summed E-state index contributed by atoms with van der Waals surface area (Å²) >= 11 is 0. The molecular formula is C17H13N4NaO3S. The van der Waals surface area contributed by atoms with Gasteiger partial charge >= 0.3 is 29.6 Å². The average Bonchev–Trinajstić information content (AvgIpc) is 2.60. The number of hydrogen-bond donors (Lipinski definition) is 2. The van der Waals surface area contributed by atoms with E-state index in [1.165, 1.54) is 12.1 Å². The van der Waals surface area contributed by atoms with Crippen molar-refractivity contribution in [2.24, 2.45) is 10.2 Å². The first-order valence-electron chi connectivity index (χ1n) is 7.11. The Morgan fingerprint density at radius 2 is 1.69 bits per heavy atom. The van der Waals surface area contributed by atoms with Crippen molar-refractivity contribution in [1.82, 2.24) is 0 Å². The number of rotatable bonds is 3. The van der Waals surface area contributed by atoms with Crippen molar-refractivity contribution < 1.29 is 13.0 Å². The first-order valence-corrected chi connectivity index (χ1v) is 8.55. The molecule has 0 spiro atoms. The second-order valence-electron chi connectivity index (χ2n) is 5.19. The molecule has 126 valence electrons. The van der Waals surface area contributed by atoms with Crippen molar-refractivity contribution in [3.05, 3.63) is 60.2 Å². The van der Waals surface area contributed by atoms with E-state index in [1.54, 1.807) is 42.5 Å². The number of benzene rings is 3. The van der Waals surface area contributed by atoms with Crippen molar-refractivity contribution in [2.45, 2.75) is 4.90 Å². The van der Waals surface area contributed by atoms with Gasteiger partial charge in [-0.2, -0.15) is 18.8 Å². The summed E-state index contributed by atoms with van der Waals surface area (Å²) in [7, 11) is -4.46. The molecule has 3 N–H and O–H groups in total. The number of nitrogen functional groups attached to an aromatic ring is 1. The Morgan fingerprint density at radius 3 is 2.35 bits per heavy atom. The fraction of sp³-hybridized carbons (Fsp3) is 0. The Morgan fingerprint density at radius 1 is 1.00 bits per heavy atom. The van der Waals surface area contributed by atoms with E-state index in [9.17, 15) is 13.0 Å². The van der Waals surface area contributed by atoms with Crippen LogP contribution in [0.15, 0.2) is 69.7 Å². The summed E-state index contributed by atoms with van der Waals surface area (Å²) in [6.07, 6.45) is 0. The fourth-order valence-electron chi connectivity index (χ4n) is 2.40. The molecule has 0 atom stereocenters. The van der Waals surface area contributed by atoms with E-state index in [0.717, 1.165) is 0 Å². The topological polar surface area (TPSA) is 129 Å². The Bertz CT molecular complexity index is 1150. The molecule has 9 heteroatoms. The molecule has 0 aliphatic carbocycles. The molecule has 0 aromatic heterocycles. The van der Waals surface area contributed by atoms with Gasteiger partial charge in [0, 0.05) is 10.8 Å². The van der Waals surface area contributed by atoms with Crippen molar-refractivity contribution in [3.8, 4) is 6.07 Å². The van der Waals surface area contributed by atoms with E-state index in [-0.39, 0.29) is 45.8 Å². The van der Waals surface area contributed by atoms with Gasteiger partial charge in [0.05, 0.1) is 23.0 Å². The van der Waals surface area contributed by atoms with E-state index in [4.69, 9.17) is 11.0 Å². The summed E-state index contributed by atoms with van der Waals surface area (Å²) in [6, 6.07) is 16.1. The minimum atomic E-state index is -4.46. The fourth-order valence-corrected chi connectivity index (χ4v) is 3.11. The van der Waals surface area contributed by atoms with E-state index < -0.39 is 10.1 Å². The van der Waals surface area contributed by atoms with Crippen LogP contribution in [0.3, 0.4) is 0 Å². The van der Waals surface area contributed by atoms with Gasteiger partial charge in [-0.25, -0.2) is 0 Å². The van der Waals surface area contributed by atoms with Crippen LogP contribution in [0, 0.1) is 11.3 Å². The van der Waals surface area contributed by atoms with Crippen molar-refractivity contribution in [2.75, 3.05) is 5.73 Å². The average molecular weight is 376 g/mol. The molecule has 7 nitrogen and oxygen atoms in total. The van der Waals surface area contributed by atoms with Gasteiger partial charge in [0.25, 0.3) is 10.1 Å². The summed E-state index contributed by atoms with van der Waals surface area (Å²) < 4.78 is 32.8. The van der Waals surface area contributed by atoms with Gasteiger partial charge in [-0.1, -0.05) is 30.3 Å². The predicted molar refractivity (Wildman–Crippen MR) is 101 cm³/mol. The molecule has 0 aliphatic rings. The first kappa shape index (κ1) is 20.0. The standard InChI is InChI=1S/C17H12N4O3S.Na.H/c18-10-11-4-3-5-12(8-11)20-21-15-9-16(25(22,23)24)13-6-1-2-7-14(13)17(15)19;;/h1-9H,19H2,(H,22,23,24);;/b21-20+;;. The molecule has 0 amide bonds. The third-order valence-electron chi connectivity index (χ3n) is 3.55. The maximum absolute atomic E-state index is 11.7. The predicted octanol–water partition coefficient (Wildman–Crippen LogP) is 3.31. The van der Waals surface area contributed by atoms with Crippen LogP contribution in [0.2, 0.25) is 0 Å². The molecule has 0 aliphatic heterocycles. The zero-order chi connectivity index (χ0) is 18.0. The second kappa shape index (κ2) is 7.95. The Hall–Kier alpha value is -2.28. The van der Waals surface area contributed by atoms with Crippen LogP contribution in [0.4, 0.5) is 17.1 Å². The summed E-state index contributed by atoms with van der Waals surface area (Å²) in [5, 5.41) is 17.6. The zero-order valence-corrected chi connectivity index (χ0v) is 13.6. The number of nitrogens with two attached hydrogens (primary N) is 1. The third-order valence-corrected chi connectivity index (χ3v) is 4.45. The number of anilines is 1. The van der Waals surface area contributed by atoms with Gasteiger partial charge in [-0.05, 0) is 24.3 Å². The van der Waals surface area contributed by atoms with Crippen molar-refractivity contribution >= 4 is 67.5 Å². The SMILES string of the molecule is N#Cc1cccc(/N=N/c2cc(S(=O)(=O)O)c3ccccc3c2N)c1.[NaH]. The van der Waals surface area contributed by atoms with E-state index >= 15 is 0 Å². The number of hydrogen-bond acceptors (Lipinski definition) is 6. The van der Waals surface area contributed by atoms with E-state index in [1.807, 2.05) is 6.07 Å². The third kappa shape index (κ3) is 4.09. The van der Waals surface area contributed by atoms with Crippen LogP contribution in [0.5, 0.6) is 0 Å². The van der Waals surface area contributed by atoms with Gasteiger partial charge in [0.15, 0.2) is 0 Å². The number of nitriles is 1. The quantitative estimate of drug-likeness (QED) is 0.313. The van der Waals surface area contributed by atoms with Crippen LogP contribution in [0.1, 0.15) is 5.56 Å². The Labute approximate surface area is 172 Å². The van der Waals surface area contributed by atoms with Gasteiger partial charge in [-0.3, -0.25) is 4.55 Å². The van der Waals surface area contributed by atoms with Crippen LogP contribution in [-0.2, 0) is 10.1 Å². The molecule has 0 unspecified atom stereocenters. The van der Waals surface area contributed by atoms with Crippen LogP contribution in [-0.4, -0.2) is 42.5 Å². The van der Waals surface area contributed by atoms with Gasteiger partial charge < -0.3 is 5.73 Å². The molecular weight excluding hydrogens is 363 g/mol. The van der Waals surface area contributed by atoms with Gasteiger partial charge in [0.2, 0.25) is 0 Å². The molecule has 0 radical (unpaired) electrons. The molecule has 0 heterocycles. The molecule has 3 aromatic rings. The van der Waals surface area contributed by atoms with Crippen LogP contribution < -0.4 is 5.73 Å². The zero-order valence-electron chi connectivity index (χ0n) is 12.8. The van der Waals surface area contributed by atoms with Crippen molar-refractivity contribution in [3.63, 3.8) is 0 Å². The van der Waals surface area contributed by atoms with Gasteiger partial charge in [0.1, 0.15) is 10.6 Å². The second-order valence-corrected chi connectivity index (χ2v) is 6.58. The molecule has 3 rings (SSSR count). The number of nitrogens with zero attached hydrogens (tertiary/aromatic N) is 3. The molecule has 0 bridgehead atoms. The number of azo groups is 1. The van der Waals surface area contributed by atoms with Crippen molar-refractivity contribution in [1.29, 1.82) is 5.26 Å². The monoisotopic (exact) mass is 376 g/mol. The molecule has 3 aromatic carbocycles. The summed E-state index contributed by atoms with van der Waals surface area (Å²) in [6.45, 7) is 0. The van der Waals surface area contributed by atoms with Crippen LogP contribution in [0.25, 0.3) is 10.8 Å². The normalized spacial score (nSPS) is 11.2. The number of fused-ring (bicyclic) bond motifs is 1. The Kier molecular flexibility index (Phi) is 6.13. The first-order chi connectivity index (χ1) is 11.9. The maximum atomic E-state index is 11.7. The summed E-state index contributed by atoms with van der Waals surface area (Å²) in [4.78, 5) is -0.294. The van der Waals surface area contributed by atoms with Crippen LogP contribution >= 0.6 is 0 Å². The summed E-state index contributed by atoms with van der Waals surface area (Å²) in [5.41, 5.74) is 7.25. The molecule has 0 saturated heterocycles. The summed E-state index contributed by atoms with van der Waals surface area (Å²) in [5.74, 6) is 0. The molecule has 0 saturated carbocycles. The Balaban J connectivity index is 0.00000243. The minimum absolute atomic E-state index is 0. The molecule has 0 fully saturated rings. The molecule has 26 heavy (non-hydrogen) atoms. The van der Waals surface area contributed by atoms with Gasteiger partial charge in [-0.15, -0.1) is 5.11 Å².